The van der Waals surface area contributed by atoms with Crippen molar-refractivity contribution in [1.29, 1.82) is 0 Å². The van der Waals surface area contributed by atoms with Crippen molar-refractivity contribution in [3.8, 4) is 0 Å². The number of aliphatic carboxylic acids is 1. The van der Waals surface area contributed by atoms with E-state index in [-0.39, 0.29) is 52.9 Å². The largest absolute Gasteiger partial charge is 2.00 e. The first-order valence-corrected chi connectivity index (χ1v) is 8.68. The molecule has 2 unspecified atom stereocenters. The number of nitrogens with zero attached hydrogens (tertiary/aromatic N) is 1. The van der Waals surface area contributed by atoms with Crippen LogP contribution in [0.1, 0.15) is 40.5 Å². The van der Waals surface area contributed by atoms with Crippen molar-refractivity contribution in [2.24, 2.45) is 17.8 Å². The standard InChI is InChI=1S/C19H25NO3.Ca.2H/c21-18(20-12-15-8-4-5-9-16(15)13-20)11-17(19(22)23)10-14-6-2-1-3-7-14;;;/h1-3,6-7,15-17H,4-5,8-13H2,(H,22,23);;;/q;+2;2*-1/t15?,16?,17-;;;/m0.../s1. The Morgan fingerprint density at radius 2 is 1.71 bits per heavy atom. The summed E-state index contributed by atoms with van der Waals surface area (Å²) in [6, 6.07) is 9.56. The van der Waals surface area contributed by atoms with Gasteiger partial charge < -0.3 is 12.9 Å². The number of rotatable bonds is 5. The molecule has 1 saturated carbocycles. The third kappa shape index (κ3) is 4.96. The molecule has 0 spiro atoms. The summed E-state index contributed by atoms with van der Waals surface area (Å²) in [5.41, 5.74) is 0.975. The molecule has 0 radical (unpaired) electrons. The molecule has 3 rings (SSSR count). The number of carboxylic acids is 1. The van der Waals surface area contributed by atoms with E-state index >= 15 is 0 Å². The summed E-state index contributed by atoms with van der Waals surface area (Å²) in [7, 11) is 0. The van der Waals surface area contributed by atoms with E-state index in [0.29, 0.717) is 18.3 Å². The Morgan fingerprint density at radius 3 is 2.25 bits per heavy atom. The molecule has 2 aliphatic rings. The maximum atomic E-state index is 12.6. The molecule has 128 valence electrons. The Kier molecular flexibility index (Phi) is 7.58. The fraction of sp³-hybridized carbons (Fsp3) is 0.579. The van der Waals surface area contributed by atoms with Crippen LogP contribution < -0.4 is 0 Å². The maximum Gasteiger partial charge on any atom is 2.00 e. The predicted octanol–water partition coefficient (Wildman–Crippen LogP) is 2.81. The molecule has 4 nitrogen and oxygen atoms in total. The van der Waals surface area contributed by atoms with Gasteiger partial charge in [0.15, 0.2) is 0 Å². The topological polar surface area (TPSA) is 57.6 Å². The van der Waals surface area contributed by atoms with E-state index in [2.05, 4.69) is 0 Å². The molecule has 1 heterocycles. The van der Waals surface area contributed by atoms with Crippen LogP contribution in [0.3, 0.4) is 0 Å². The second-order valence-electron chi connectivity index (χ2n) is 7.03. The molecule has 0 aromatic heterocycles. The van der Waals surface area contributed by atoms with Gasteiger partial charge in [-0.3, -0.25) is 9.59 Å². The van der Waals surface area contributed by atoms with Crippen molar-refractivity contribution in [3.05, 3.63) is 35.9 Å². The number of likely N-dealkylation sites (tertiary alicyclic amines) is 1. The van der Waals surface area contributed by atoms with E-state index in [0.717, 1.165) is 18.7 Å². The van der Waals surface area contributed by atoms with Gasteiger partial charge in [-0.05, 0) is 36.7 Å². The van der Waals surface area contributed by atoms with E-state index in [1.165, 1.54) is 25.7 Å². The molecule has 1 aromatic rings. The van der Waals surface area contributed by atoms with Crippen LogP contribution in [0.5, 0.6) is 0 Å². The minimum atomic E-state index is -0.876. The van der Waals surface area contributed by atoms with Gasteiger partial charge in [0.1, 0.15) is 0 Å². The van der Waals surface area contributed by atoms with E-state index in [4.69, 9.17) is 0 Å². The summed E-state index contributed by atoms with van der Waals surface area (Å²) in [4.78, 5) is 26.0. The Bertz CT molecular complexity index is 559. The van der Waals surface area contributed by atoms with E-state index in [9.17, 15) is 14.7 Å². The third-order valence-corrected chi connectivity index (χ3v) is 5.42. The van der Waals surface area contributed by atoms with E-state index < -0.39 is 11.9 Å². The zero-order valence-corrected chi connectivity index (χ0v) is 16.4. The molecule has 1 aliphatic heterocycles. The second kappa shape index (κ2) is 9.21. The van der Waals surface area contributed by atoms with Gasteiger partial charge in [-0.2, -0.15) is 0 Å². The molecule has 1 aromatic carbocycles. The average Bonchev–Trinajstić information content (AvgIpc) is 2.99. The molecule has 1 amide bonds. The summed E-state index contributed by atoms with van der Waals surface area (Å²) < 4.78 is 0. The molecular weight excluding hydrogens is 330 g/mol. The number of carbonyl (C=O) groups is 2. The van der Waals surface area contributed by atoms with Crippen molar-refractivity contribution in [1.82, 2.24) is 4.90 Å². The monoisotopic (exact) mass is 357 g/mol. The van der Waals surface area contributed by atoms with Crippen LogP contribution >= 0.6 is 0 Å². The van der Waals surface area contributed by atoms with Crippen molar-refractivity contribution >= 4 is 49.6 Å². The summed E-state index contributed by atoms with van der Waals surface area (Å²) in [5.74, 6) is -0.204. The zero-order chi connectivity index (χ0) is 16.2. The minimum absolute atomic E-state index is 0. The van der Waals surface area contributed by atoms with Crippen molar-refractivity contribution in [2.45, 2.75) is 38.5 Å². The van der Waals surface area contributed by atoms with Crippen molar-refractivity contribution in [2.75, 3.05) is 13.1 Å². The van der Waals surface area contributed by atoms with Crippen LogP contribution in [-0.4, -0.2) is 72.7 Å². The molecular formula is C19H27CaNO3. The van der Waals surface area contributed by atoms with Gasteiger partial charge in [-0.15, -0.1) is 0 Å². The van der Waals surface area contributed by atoms with Crippen LogP contribution in [0.2, 0.25) is 0 Å². The summed E-state index contributed by atoms with van der Waals surface area (Å²) in [5, 5.41) is 9.46. The van der Waals surface area contributed by atoms with E-state index in [1.54, 1.807) is 0 Å². The van der Waals surface area contributed by atoms with Crippen LogP contribution in [0.4, 0.5) is 0 Å². The number of benzene rings is 1. The third-order valence-electron chi connectivity index (χ3n) is 5.42. The van der Waals surface area contributed by atoms with Gasteiger partial charge >= 0.3 is 43.7 Å². The Hall–Kier alpha value is -0.580. The molecule has 3 atom stereocenters. The van der Waals surface area contributed by atoms with Crippen LogP contribution in [0.15, 0.2) is 30.3 Å². The molecule has 5 heteroatoms. The zero-order valence-electron chi connectivity index (χ0n) is 16.2. The number of hydrogen-bond acceptors (Lipinski definition) is 2. The van der Waals surface area contributed by atoms with Crippen LogP contribution in [-0.2, 0) is 16.0 Å². The number of carboxylic acid groups (broad SMARTS) is 1. The Labute approximate surface area is 176 Å². The number of fused-ring (bicyclic) bond motifs is 1. The van der Waals surface area contributed by atoms with Gasteiger partial charge in [0.25, 0.3) is 0 Å². The first-order valence-electron chi connectivity index (χ1n) is 8.68. The normalized spacial score (nSPS) is 23.9. The first kappa shape index (κ1) is 19.7. The SMILES string of the molecule is O=C(O)[C@H](CC(=O)N1CC2CCCCC2C1)Cc1ccccc1.[Ca+2].[H-].[H-]. The van der Waals surface area contributed by atoms with Gasteiger partial charge in [0, 0.05) is 19.5 Å². The summed E-state index contributed by atoms with van der Waals surface area (Å²) in [6.07, 6.45) is 5.53. The van der Waals surface area contributed by atoms with Gasteiger partial charge in [-0.25, -0.2) is 0 Å². The van der Waals surface area contributed by atoms with Gasteiger partial charge in [0.2, 0.25) is 5.91 Å². The van der Waals surface area contributed by atoms with Crippen molar-refractivity contribution in [3.63, 3.8) is 0 Å². The van der Waals surface area contributed by atoms with Crippen LogP contribution in [0.25, 0.3) is 0 Å². The van der Waals surface area contributed by atoms with Gasteiger partial charge in [-0.1, -0.05) is 43.2 Å². The number of carbonyl (C=O) groups excluding carboxylic acids is 1. The number of amides is 1. The quantitative estimate of drug-likeness (QED) is 0.825. The molecule has 1 N–H and O–H groups in total. The van der Waals surface area contributed by atoms with Gasteiger partial charge in [0.05, 0.1) is 5.92 Å². The maximum absolute atomic E-state index is 12.6. The molecule has 0 bridgehead atoms. The summed E-state index contributed by atoms with van der Waals surface area (Å²) >= 11 is 0. The van der Waals surface area contributed by atoms with E-state index in [1.807, 2.05) is 35.2 Å². The molecule has 1 saturated heterocycles. The van der Waals surface area contributed by atoms with Crippen LogP contribution in [0, 0.1) is 17.8 Å². The predicted molar refractivity (Wildman–Crippen MR) is 95.9 cm³/mol. The fourth-order valence-electron chi connectivity index (χ4n) is 4.09. The smallest absolute Gasteiger partial charge is 1.00 e. The molecule has 1 aliphatic carbocycles. The average molecular weight is 358 g/mol. The second-order valence-corrected chi connectivity index (χ2v) is 7.03. The first-order chi connectivity index (χ1) is 11.1. The Balaban J connectivity index is 0.00000208. The summed E-state index contributed by atoms with van der Waals surface area (Å²) in [6.45, 7) is 1.67. The minimum Gasteiger partial charge on any atom is -1.00 e. The Morgan fingerprint density at radius 1 is 1.12 bits per heavy atom. The number of hydrogen-bond donors (Lipinski definition) is 1. The van der Waals surface area contributed by atoms with Crippen molar-refractivity contribution < 1.29 is 17.5 Å². The molecule has 24 heavy (non-hydrogen) atoms. The fourth-order valence-corrected chi connectivity index (χ4v) is 4.09. The molecule has 2 fully saturated rings.